The summed E-state index contributed by atoms with van der Waals surface area (Å²) in [6.07, 6.45) is 0. The van der Waals surface area contributed by atoms with E-state index < -0.39 is 0 Å². The van der Waals surface area contributed by atoms with Gasteiger partial charge in [0, 0.05) is 9.75 Å². The van der Waals surface area contributed by atoms with Crippen molar-refractivity contribution in [1.82, 2.24) is 0 Å². The van der Waals surface area contributed by atoms with Crippen molar-refractivity contribution in [3.8, 4) is 9.75 Å². The Kier molecular flexibility index (Phi) is 3.36. The molecule has 2 heterocycles. The molecular weight excluding hydrogens is 286 g/mol. The molecule has 0 amide bonds. The summed E-state index contributed by atoms with van der Waals surface area (Å²) in [5.74, 6) is -0.662. The normalized spacial score (nSPS) is 11.1. The largest absolute Gasteiger partial charge is 0.205 e. The van der Waals surface area contributed by atoms with E-state index in [9.17, 15) is 8.78 Å². The number of aryl methyl sites for hydroxylation is 2. The molecule has 2 aromatic heterocycles. The first kappa shape index (κ1) is 12.4. The van der Waals surface area contributed by atoms with Crippen LogP contribution in [0, 0.1) is 25.5 Å². The molecule has 2 rings (SSSR count). The van der Waals surface area contributed by atoms with E-state index in [1.165, 1.54) is 22.7 Å². The molecular formula is C10H8F2S4. The zero-order chi connectivity index (χ0) is 12.0. The second kappa shape index (κ2) is 4.33. The molecule has 0 unspecified atom stereocenters. The average Bonchev–Trinajstić information content (AvgIpc) is 2.64. The summed E-state index contributed by atoms with van der Waals surface area (Å²) >= 11 is 10.8. The molecule has 0 N–H and O–H groups in total. The maximum Gasteiger partial charge on any atom is 0.150 e. The van der Waals surface area contributed by atoms with E-state index in [0.717, 1.165) is 0 Å². The molecule has 0 radical (unpaired) electrons. The predicted molar refractivity (Wildman–Crippen MR) is 71.5 cm³/mol. The Morgan fingerprint density at radius 3 is 1.31 bits per heavy atom. The van der Waals surface area contributed by atoms with Gasteiger partial charge in [0.2, 0.25) is 0 Å². The van der Waals surface area contributed by atoms with Crippen molar-refractivity contribution in [2.45, 2.75) is 23.6 Å². The van der Waals surface area contributed by atoms with E-state index in [2.05, 4.69) is 25.3 Å². The van der Waals surface area contributed by atoms with E-state index in [1.807, 2.05) is 0 Å². The third-order valence-electron chi connectivity index (χ3n) is 2.18. The van der Waals surface area contributed by atoms with Crippen molar-refractivity contribution in [1.29, 1.82) is 0 Å². The van der Waals surface area contributed by atoms with E-state index >= 15 is 0 Å². The number of thiol groups is 2. The first-order chi connectivity index (χ1) is 7.43. The summed E-state index contributed by atoms with van der Waals surface area (Å²) in [5, 5.41) is 0. The lowest BCUT2D eigenvalue weighted by molar-refractivity contribution is 0.600. The molecule has 0 aliphatic rings. The Morgan fingerprint density at radius 1 is 0.812 bits per heavy atom. The maximum atomic E-state index is 13.5. The molecule has 0 aliphatic heterocycles. The standard InChI is InChI=1S/C10H8F2S4/c1-3-5(11)7(13)9(15-3)10-8(14)6(12)4(2)16-10/h13-14H,1-2H3. The zero-order valence-corrected chi connectivity index (χ0v) is 11.9. The predicted octanol–water partition coefficient (Wildman–Crippen LogP) is 4.95. The minimum atomic E-state index is -0.331. The van der Waals surface area contributed by atoms with Crippen LogP contribution in [0.15, 0.2) is 9.79 Å². The van der Waals surface area contributed by atoms with Crippen LogP contribution in [-0.2, 0) is 0 Å². The Bertz CT molecular complexity index is 503. The van der Waals surface area contributed by atoms with Gasteiger partial charge in [0.25, 0.3) is 0 Å². The summed E-state index contributed by atoms with van der Waals surface area (Å²) in [6, 6.07) is 0. The van der Waals surface area contributed by atoms with E-state index in [1.54, 1.807) is 13.8 Å². The van der Waals surface area contributed by atoms with Crippen LogP contribution in [-0.4, -0.2) is 0 Å². The second-order valence-corrected chi connectivity index (χ2v) is 6.64. The van der Waals surface area contributed by atoms with Crippen molar-refractivity contribution in [3.05, 3.63) is 21.4 Å². The molecule has 0 nitrogen and oxygen atoms in total. The average molecular weight is 294 g/mol. The highest BCUT2D eigenvalue weighted by Crippen LogP contribution is 2.45. The third kappa shape index (κ3) is 1.81. The topological polar surface area (TPSA) is 0 Å². The number of hydrogen-bond donors (Lipinski definition) is 2. The molecule has 16 heavy (non-hydrogen) atoms. The zero-order valence-electron chi connectivity index (χ0n) is 8.47. The summed E-state index contributed by atoms with van der Waals surface area (Å²) in [7, 11) is 0. The van der Waals surface area contributed by atoms with Crippen LogP contribution in [0.2, 0.25) is 0 Å². The number of hydrogen-bond acceptors (Lipinski definition) is 4. The van der Waals surface area contributed by atoms with E-state index in [0.29, 0.717) is 19.5 Å². The lowest BCUT2D eigenvalue weighted by atomic mass is 10.3. The molecule has 0 aliphatic carbocycles. The first-order valence-electron chi connectivity index (χ1n) is 4.39. The van der Waals surface area contributed by atoms with Gasteiger partial charge in [-0.2, -0.15) is 0 Å². The minimum absolute atomic E-state index is 0.277. The molecule has 0 saturated carbocycles. The quantitative estimate of drug-likeness (QED) is 0.683. The van der Waals surface area contributed by atoms with Gasteiger partial charge in [-0.05, 0) is 13.8 Å². The molecule has 0 fully saturated rings. The second-order valence-electron chi connectivity index (χ2n) is 3.30. The van der Waals surface area contributed by atoms with Crippen LogP contribution in [0.25, 0.3) is 9.75 Å². The van der Waals surface area contributed by atoms with Crippen LogP contribution in [0.1, 0.15) is 9.75 Å². The fourth-order valence-electron chi connectivity index (χ4n) is 1.33. The van der Waals surface area contributed by atoms with Crippen LogP contribution >= 0.6 is 47.9 Å². The van der Waals surface area contributed by atoms with Crippen molar-refractivity contribution >= 4 is 47.9 Å². The van der Waals surface area contributed by atoms with Gasteiger partial charge in [0.05, 0.1) is 19.5 Å². The van der Waals surface area contributed by atoms with E-state index in [4.69, 9.17) is 0 Å². The monoisotopic (exact) mass is 294 g/mol. The molecule has 0 spiro atoms. The van der Waals surface area contributed by atoms with Crippen LogP contribution in [0.3, 0.4) is 0 Å². The van der Waals surface area contributed by atoms with Crippen molar-refractivity contribution < 1.29 is 8.78 Å². The Morgan fingerprint density at radius 2 is 1.12 bits per heavy atom. The number of halogens is 2. The SMILES string of the molecule is Cc1sc(-c2sc(C)c(F)c2S)c(S)c1F. The molecule has 6 heteroatoms. The van der Waals surface area contributed by atoms with Crippen molar-refractivity contribution in [3.63, 3.8) is 0 Å². The van der Waals surface area contributed by atoms with Gasteiger partial charge in [-0.1, -0.05) is 0 Å². The highest BCUT2D eigenvalue weighted by atomic mass is 32.1. The van der Waals surface area contributed by atoms with Gasteiger partial charge < -0.3 is 0 Å². The van der Waals surface area contributed by atoms with Gasteiger partial charge >= 0.3 is 0 Å². The van der Waals surface area contributed by atoms with Crippen molar-refractivity contribution in [2.24, 2.45) is 0 Å². The summed E-state index contributed by atoms with van der Waals surface area (Å²) in [4.78, 5) is 2.97. The number of rotatable bonds is 1. The molecule has 2 aromatic rings. The summed E-state index contributed by atoms with van der Waals surface area (Å²) in [5.41, 5.74) is 0. The van der Waals surface area contributed by atoms with Gasteiger partial charge in [0.15, 0.2) is 11.6 Å². The minimum Gasteiger partial charge on any atom is -0.205 e. The highest BCUT2D eigenvalue weighted by Gasteiger charge is 2.21. The molecule has 0 bridgehead atoms. The molecule has 0 atom stereocenters. The lowest BCUT2D eigenvalue weighted by Crippen LogP contribution is -1.75. The first-order valence-corrected chi connectivity index (χ1v) is 6.92. The van der Waals surface area contributed by atoms with Gasteiger partial charge in [0.1, 0.15) is 0 Å². The van der Waals surface area contributed by atoms with Gasteiger partial charge in [-0.15, -0.1) is 47.9 Å². The fourth-order valence-corrected chi connectivity index (χ4v) is 4.48. The molecule has 0 saturated heterocycles. The maximum absolute atomic E-state index is 13.5. The van der Waals surface area contributed by atoms with Gasteiger partial charge in [-0.25, -0.2) is 8.78 Å². The van der Waals surface area contributed by atoms with Crippen LogP contribution in [0.5, 0.6) is 0 Å². The Balaban J connectivity index is 2.68. The Labute approximate surface area is 111 Å². The lowest BCUT2D eigenvalue weighted by Gasteiger charge is -1.95. The highest BCUT2D eigenvalue weighted by molar-refractivity contribution is 7.81. The van der Waals surface area contributed by atoms with Crippen molar-refractivity contribution in [2.75, 3.05) is 0 Å². The van der Waals surface area contributed by atoms with E-state index in [-0.39, 0.29) is 21.4 Å². The third-order valence-corrected chi connectivity index (χ3v) is 5.65. The molecule has 0 aromatic carbocycles. The number of thiophene rings is 2. The smallest absolute Gasteiger partial charge is 0.150 e. The molecule has 86 valence electrons. The van der Waals surface area contributed by atoms with Gasteiger partial charge in [-0.3, -0.25) is 0 Å². The fraction of sp³-hybridized carbons (Fsp3) is 0.200. The Hall–Kier alpha value is -0.0400. The van der Waals surface area contributed by atoms with Crippen LogP contribution in [0.4, 0.5) is 8.78 Å². The summed E-state index contributed by atoms with van der Waals surface area (Å²) < 4.78 is 27.0. The summed E-state index contributed by atoms with van der Waals surface area (Å²) in [6.45, 7) is 3.36. The van der Waals surface area contributed by atoms with Crippen LogP contribution < -0.4 is 0 Å².